The molecule has 2 amide bonds. The molecule has 0 aromatic heterocycles. The molecule has 0 heterocycles. The first-order chi connectivity index (χ1) is 12.2. The number of fused-ring (bicyclic) bond motifs is 1. The molecule has 25 heavy (non-hydrogen) atoms. The van der Waals surface area contributed by atoms with Crippen LogP contribution >= 0.6 is 0 Å². The van der Waals surface area contributed by atoms with Crippen molar-refractivity contribution in [1.82, 2.24) is 5.43 Å². The second kappa shape index (κ2) is 7.75. The van der Waals surface area contributed by atoms with Gasteiger partial charge in [-0.2, -0.15) is 5.10 Å². The third kappa shape index (κ3) is 4.12. The van der Waals surface area contributed by atoms with E-state index in [4.69, 9.17) is 0 Å². The van der Waals surface area contributed by atoms with E-state index >= 15 is 0 Å². The summed E-state index contributed by atoms with van der Waals surface area (Å²) in [5.74, 6) is -0.316. The van der Waals surface area contributed by atoms with Crippen molar-refractivity contribution in [2.75, 3.05) is 5.32 Å². The van der Waals surface area contributed by atoms with Crippen LogP contribution in [0, 0.1) is 0 Å². The maximum atomic E-state index is 12.3. The van der Waals surface area contributed by atoms with Crippen LogP contribution in [0.2, 0.25) is 0 Å². The number of hydrogen-bond donors (Lipinski definition) is 2. The van der Waals surface area contributed by atoms with E-state index in [0.717, 1.165) is 30.5 Å². The van der Waals surface area contributed by atoms with Crippen LogP contribution in [0.3, 0.4) is 0 Å². The second-order valence-electron chi connectivity index (χ2n) is 5.99. The molecule has 0 aliphatic heterocycles. The first-order valence-electron chi connectivity index (χ1n) is 8.52. The van der Waals surface area contributed by atoms with Gasteiger partial charge < -0.3 is 5.32 Å². The van der Waals surface area contributed by atoms with E-state index in [1.807, 2.05) is 18.2 Å². The molecule has 2 aromatic carbocycles. The smallest absolute Gasteiger partial charge is 0.271 e. The molecule has 0 spiro atoms. The maximum absolute atomic E-state index is 12.3. The summed E-state index contributed by atoms with van der Waals surface area (Å²) in [4.78, 5) is 23.7. The van der Waals surface area contributed by atoms with E-state index < -0.39 is 0 Å². The number of carbonyl (C=O) groups is 2. The van der Waals surface area contributed by atoms with Crippen LogP contribution < -0.4 is 10.7 Å². The molecule has 1 aliphatic carbocycles. The number of carbonyl (C=O) groups excluding carboxylic acids is 2. The topological polar surface area (TPSA) is 70.6 Å². The van der Waals surface area contributed by atoms with Crippen molar-refractivity contribution in [2.24, 2.45) is 5.10 Å². The fourth-order valence-corrected chi connectivity index (χ4v) is 2.85. The van der Waals surface area contributed by atoms with E-state index in [-0.39, 0.29) is 11.8 Å². The SMILES string of the molecule is CCC(=O)Nc1ccc(C(=O)N/N=C2/CCCc3ccccc32)cc1. The summed E-state index contributed by atoms with van der Waals surface area (Å²) in [5.41, 5.74) is 7.13. The number of nitrogens with one attached hydrogen (secondary N) is 2. The minimum Gasteiger partial charge on any atom is -0.326 e. The minimum atomic E-state index is -0.260. The highest BCUT2D eigenvalue weighted by Crippen LogP contribution is 2.21. The third-order valence-electron chi connectivity index (χ3n) is 4.23. The van der Waals surface area contributed by atoms with Crippen molar-refractivity contribution in [1.29, 1.82) is 0 Å². The summed E-state index contributed by atoms with van der Waals surface area (Å²) in [5, 5.41) is 7.09. The Hall–Kier alpha value is -2.95. The molecular weight excluding hydrogens is 314 g/mol. The van der Waals surface area contributed by atoms with Crippen molar-refractivity contribution >= 4 is 23.2 Å². The molecule has 0 unspecified atom stereocenters. The number of benzene rings is 2. The lowest BCUT2D eigenvalue weighted by Crippen LogP contribution is -2.22. The molecule has 128 valence electrons. The highest BCUT2D eigenvalue weighted by Gasteiger charge is 2.15. The molecule has 0 atom stereocenters. The number of hydrogen-bond acceptors (Lipinski definition) is 3. The normalized spacial score (nSPS) is 14.7. The predicted molar refractivity (Wildman–Crippen MR) is 98.7 cm³/mol. The van der Waals surface area contributed by atoms with Gasteiger partial charge in [0.05, 0.1) is 5.71 Å². The fourth-order valence-electron chi connectivity index (χ4n) is 2.85. The van der Waals surface area contributed by atoms with Crippen LogP contribution in [0.25, 0.3) is 0 Å². The summed E-state index contributed by atoms with van der Waals surface area (Å²) >= 11 is 0. The van der Waals surface area contributed by atoms with Crippen molar-refractivity contribution in [3.05, 3.63) is 65.2 Å². The lowest BCUT2D eigenvalue weighted by molar-refractivity contribution is -0.115. The first-order valence-corrected chi connectivity index (χ1v) is 8.52. The van der Waals surface area contributed by atoms with Gasteiger partial charge in [-0.1, -0.05) is 31.2 Å². The van der Waals surface area contributed by atoms with Crippen LogP contribution in [-0.4, -0.2) is 17.5 Å². The standard InChI is InChI=1S/C20H21N3O2/c1-2-19(24)21-16-12-10-15(11-13-16)20(25)23-22-18-9-5-7-14-6-3-4-8-17(14)18/h3-4,6,8,10-13H,2,5,7,9H2,1H3,(H,21,24)(H,23,25)/b22-18-. The van der Waals surface area contributed by atoms with Gasteiger partial charge in [0.25, 0.3) is 5.91 Å². The summed E-state index contributed by atoms with van der Waals surface area (Å²) in [6.07, 6.45) is 3.37. The fraction of sp³-hybridized carbons (Fsp3) is 0.250. The number of amides is 2. The van der Waals surface area contributed by atoms with E-state index in [9.17, 15) is 9.59 Å². The number of hydrazone groups is 1. The van der Waals surface area contributed by atoms with Gasteiger partial charge in [-0.3, -0.25) is 9.59 Å². The van der Waals surface area contributed by atoms with Gasteiger partial charge >= 0.3 is 0 Å². The second-order valence-corrected chi connectivity index (χ2v) is 5.99. The summed E-state index contributed by atoms with van der Waals surface area (Å²) in [6.45, 7) is 1.79. The summed E-state index contributed by atoms with van der Waals surface area (Å²) in [7, 11) is 0. The molecule has 1 aliphatic rings. The largest absolute Gasteiger partial charge is 0.326 e. The van der Waals surface area contributed by atoms with Crippen LogP contribution in [0.5, 0.6) is 0 Å². The van der Waals surface area contributed by atoms with Crippen LogP contribution in [0.1, 0.15) is 47.7 Å². The zero-order valence-electron chi connectivity index (χ0n) is 14.2. The van der Waals surface area contributed by atoms with Crippen molar-refractivity contribution < 1.29 is 9.59 Å². The van der Waals surface area contributed by atoms with Gasteiger partial charge in [0.1, 0.15) is 0 Å². The van der Waals surface area contributed by atoms with E-state index in [0.29, 0.717) is 17.7 Å². The first kappa shape index (κ1) is 16.9. The zero-order chi connectivity index (χ0) is 17.6. The number of nitrogens with zero attached hydrogens (tertiary/aromatic N) is 1. The lowest BCUT2D eigenvalue weighted by atomic mass is 9.90. The molecule has 5 heteroatoms. The highest BCUT2D eigenvalue weighted by atomic mass is 16.2. The van der Waals surface area contributed by atoms with Gasteiger partial charge in [-0.05, 0) is 49.1 Å². The number of aryl methyl sites for hydroxylation is 1. The van der Waals surface area contributed by atoms with E-state index in [2.05, 4.69) is 21.9 Å². The van der Waals surface area contributed by atoms with Crippen LogP contribution in [0.15, 0.2) is 53.6 Å². The Balaban J connectivity index is 1.68. The minimum absolute atomic E-state index is 0.0560. The monoisotopic (exact) mass is 335 g/mol. The average molecular weight is 335 g/mol. The molecular formula is C20H21N3O2. The molecule has 0 saturated heterocycles. The van der Waals surface area contributed by atoms with Gasteiger partial charge in [0.2, 0.25) is 5.91 Å². The van der Waals surface area contributed by atoms with E-state index in [1.165, 1.54) is 5.56 Å². The number of anilines is 1. The molecule has 0 bridgehead atoms. The summed E-state index contributed by atoms with van der Waals surface area (Å²) in [6, 6.07) is 15.0. The van der Waals surface area contributed by atoms with Gasteiger partial charge in [-0.15, -0.1) is 0 Å². The quantitative estimate of drug-likeness (QED) is 0.840. The van der Waals surface area contributed by atoms with Crippen LogP contribution in [0.4, 0.5) is 5.69 Å². The van der Waals surface area contributed by atoms with Crippen LogP contribution in [-0.2, 0) is 11.2 Å². The Morgan fingerprint density at radius 1 is 1.04 bits per heavy atom. The molecule has 0 fully saturated rings. The van der Waals surface area contributed by atoms with Crippen molar-refractivity contribution in [2.45, 2.75) is 32.6 Å². The Morgan fingerprint density at radius 3 is 2.56 bits per heavy atom. The average Bonchev–Trinajstić information content (AvgIpc) is 2.66. The molecule has 0 saturated carbocycles. The Labute approximate surface area is 147 Å². The Kier molecular flexibility index (Phi) is 5.23. The molecule has 5 nitrogen and oxygen atoms in total. The third-order valence-corrected chi connectivity index (χ3v) is 4.23. The van der Waals surface area contributed by atoms with Gasteiger partial charge in [-0.25, -0.2) is 5.43 Å². The summed E-state index contributed by atoms with van der Waals surface area (Å²) < 4.78 is 0. The molecule has 3 rings (SSSR count). The lowest BCUT2D eigenvalue weighted by Gasteiger charge is -2.17. The Morgan fingerprint density at radius 2 is 1.80 bits per heavy atom. The Bertz CT molecular complexity index is 810. The predicted octanol–water partition coefficient (Wildman–Crippen LogP) is 3.51. The van der Waals surface area contributed by atoms with Gasteiger partial charge in [0, 0.05) is 23.2 Å². The number of rotatable bonds is 4. The molecule has 0 radical (unpaired) electrons. The highest BCUT2D eigenvalue weighted by molar-refractivity contribution is 6.04. The molecule has 2 N–H and O–H groups in total. The van der Waals surface area contributed by atoms with E-state index in [1.54, 1.807) is 31.2 Å². The van der Waals surface area contributed by atoms with Crippen molar-refractivity contribution in [3.8, 4) is 0 Å². The molecule has 2 aromatic rings. The van der Waals surface area contributed by atoms with Gasteiger partial charge in [0.15, 0.2) is 0 Å². The zero-order valence-corrected chi connectivity index (χ0v) is 14.2. The van der Waals surface area contributed by atoms with Crippen molar-refractivity contribution in [3.63, 3.8) is 0 Å². The maximum Gasteiger partial charge on any atom is 0.271 e.